The zero-order chi connectivity index (χ0) is 15.5. The predicted molar refractivity (Wildman–Crippen MR) is 85.3 cm³/mol. The molecular weight excluding hydrogens is 284 g/mol. The average molecular weight is 306 g/mol. The first-order valence-corrected chi connectivity index (χ1v) is 8.12. The molecule has 0 bridgehead atoms. The van der Waals surface area contributed by atoms with Crippen LogP contribution in [0.4, 0.5) is 0 Å². The van der Waals surface area contributed by atoms with Crippen molar-refractivity contribution in [2.75, 3.05) is 5.75 Å². The van der Waals surface area contributed by atoms with Crippen LogP contribution in [0.25, 0.3) is 11.4 Å². The van der Waals surface area contributed by atoms with Crippen LogP contribution in [0.1, 0.15) is 33.6 Å². The summed E-state index contributed by atoms with van der Waals surface area (Å²) in [7, 11) is 0. The van der Waals surface area contributed by atoms with Gasteiger partial charge in [-0.2, -0.15) is 4.98 Å². The van der Waals surface area contributed by atoms with Crippen LogP contribution in [0.3, 0.4) is 0 Å². The third-order valence-corrected chi connectivity index (χ3v) is 4.15. The van der Waals surface area contributed by atoms with E-state index in [1.165, 1.54) is 4.90 Å². The molecular formula is C16H22N2O2S. The Balaban J connectivity index is 2.09. The van der Waals surface area contributed by atoms with Crippen LogP contribution in [-0.4, -0.2) is 27.1 Å². The Morgan fingerprint density at radius 1 is 1.24 bits per heavy atom. The van der Waals surface area contributed by atoms with Gasteiger partial charge in [-0.3, -0.25) is 0 Å². The molecule has 4 nitrogen and oxygen atoms in total. The molecule has 1 aromatic heterocycles. The highest BCUT2D eigenvalue weighted by molar-refractivity contribution is 7.99. The van der Waals surface area contributed by atoms with Gasteiger partial charge in [0.25, 0.3) is 0 Å². The van der Waals surface area contributed by atoms with E-state index in [0.29, 0.717) is 18.1 Å². The van der Waals surface area contributed by atoms with Crippen molar-refractivity contribution in [2.24, 2.45) is 5.41 Å². The van der Waals surface area contributed by atoms with Crippen molar-refractivity contribution in [2.45, 2.75) is 45.1 Å². The fourth-order valence-electron chi connectivity index (χ4n) is 1.79. The van der Waals surface area contributed by atoms with E-state index in [4.69, 9.17) is 4.52 Å². The van der Waals surface area contributed by atoms with Crippen LogP contribution < -0.4 is 0 Å². The standard InChI is InChI=1S/C16H22N2O2S/c1-5-21-12-8-6-11(7-9-12)15-17-14(20-18-15)10-13(19)16(2,3)4/h6-9,13,19H,5,10H2,1-4H3. The molecule has 5 heteroatoms. The van der Waals surface area contributed by atoms with E-state index in [-0.39, 0.29) is 5.41 Å². The van der Waals surface area contributed by atoms with Crippen molar-refractivity contribution >= 4 is 11.8 Å². The number of aliphatic hydroxyl groups is 1. The summed E-state index contributed by atoms with van der Waals surface area (Å²) in [5.41, 5.74) is 0.726. The molecule has 114 valence electrons. The summed E-state index contributed by atoms with van der Waals surface area (Å²) in [6.07, 6.45) is -0.130. The summed E-state index contributed by atoms with van der Waals surface area (Å²) in [5, 5.41) is 14.1. The number of thioether (sulfide) groups is 1. The minimum absolute atomic E-state index is 0.201. The van der Waals surface area contributed by atoms with Crippen LogP contribution in [0.2, 0.25) is 0 Å². The van der Waals surface area contributed by atoms with Crippen molar-refractivity contribution in [3.8, 4) is 11.4 Å². The topological polar surface area (TPSA) is 59.2 Å². The highest BCUT2D eigenvalue weighted by Crippen LogP contribution is 2.24. The molecule has 0 saturated carbocycles. The maximum atomic E-state index is 10.1. The molecule has 2 rings (SSSR count). The summed E-state index contributed by atoms with van der Waals surface area (Å²) in [6, 6.07) is 8.10. The second kappa shape index (κ2) is 6.62. The normalized spacial score (nSPS) is 13.4. The SMILES string of the molecule is CCSc1ccc(-c2noc(CC(O)C(C)(C)C)n2)cc1. The average Bonchev–Trinajstić information content (AvgIpc) is 2.87. The summed E-state index contributed by atoms with van der Waals surface area (Å²) < 4.78 is 5.24. The Morgan fingerprint density at radius 3 is 2.48 bits per heavy atom. The van der Waals surface area contributed by atoms with Crippen LogP contribution in [0.5, 0.6) is 0 Å². The number of nitrogens with zero attached hydrogens (tertiary/aromatic N) is 2. The van der Waals surface area contributed by atoms with E-state index in [2.05, 4.69) is 29.2 Å². The molecule has 0 aliphatic heterocycles. The molecule has 1 N–H and O–H groups in total. The Kier molecular flexibility index (Phi) is 5.06. The second-order valence-corrected chi connectivity index (χ2v) is 7.39. The maximum Gasteiger partial charge on any atom is 0.229 e. The fourth-order valence-corrected chi connectivity index (χ4v) is 2.46. The lowest BCUT2D eigenvalue weighted by Gasteiger charge is -2.24. The third-order valence-electron chi connectivity index (χ3n) is 3.26. The van der Waals surface area contributed by atoms with Gasteiger partial charge in [0.1, 0.15) is 0 Å². The van der Waals surface area contributed by atoms with E-state index < -0.39 is 6.10 Å². The van der Waals surface area contributed by atoms with E-state index in [0.717, 1.165) is 11.3 Å². The molecule has 0 fully saturated rings. The zero-order valence-electron chi connectivity index (χ0n) is 13.0. The Hall–Kier alpha value is -1.33. The van der Waals surface area contributed by atoms with Gasteiger partial charge in [-0.1, -0.05) is 32.9 Å². The molecule has 0 spiro atoms. The summed E-state index contributed by atoms with van der Waals surface area (Å²) >= 11 is 1.80. The summed E-state index contributed by atoms with van der Waals surface area (Å²) in [6.45, 7) is 8.09. The second-order valence-electron chi connectivity index (χ2n) is 6.06. The molecule has 1 atom stereocenters. The Bertz CT molecular complexity index is 573. The fraction of sp³-hybridized carbons (Fsp3) is 0.500. The summed E-state index contributed by atoms with van der Waals surface area (Å²) in [5.74, 6) is 2.09. The zero-order valence-corrected chi connectivity index (χ0v) is 13.8. The Labute approximate surface area is 130 Å². The molecule has 0 saturated heterocycles. The first kappa shape index (κ1) is 16.0. The van der Waals surface area contributed by atoms with Gasteiger partial charge in [-0.15, -0.1) is 11.8 Å². The van der Waals surface area contributed by atoms with Gasteiger partial charge in [0.15, 0.2) is 0 Å². The van der Waals surface area contributed by atoms with E-state index in [1.54, 1.807) is 11.8 Å². The quantitative estimate of drug-likeness (QED) is 0.851. The van der Waals surface area contributed by atoms with Crippen LogP contribution >= 0.6 is 11.8 Å². The molecule has 21 heavy (non-hydrogen) atoms. The van der Waals surface area contributed by atoms with Crippen molar-refractivity contribution in [3.63, 3.8) is 0 Å². The number of hydrogen-bond acceptors (Lipinski definition) is 5. The molecule has 1 heterocycles. The van der Waals surface area contributed by atoms with Crippen molar-refractivity contribution in [3.05, 3.63) is 30.2 Å². The highest BCUT2D eigenvalue weighted by Gasteiger charge is 2.24. The molecule has 0 aliphatic rings. The number of rotatable bonds is 5. The van der Waals surface area contributed by atoms with Crippen LogP contribution in [0.15, 0.2) is 33.7 Å². The van der Waals surface area contributed by atoms with Gasteiger partial charge in [-0.25, -0.2) is 0 Å². The van der Waals surface area contributed by atoms with Crippen molar-refractivity contribution < 1.29 is 9.63 Å². The number of aromatic nitrogens is 2. The maximum absolute atomic E-state index is 10.1. The molecule has 0 amide bonds. The Morgan fingerprint density at radius 2 is 1.90 bits per heavy atom. The lowest BCUT2D eigenvalue weighted by Crippen LogP contribution is -2.28. The molecule has 0 aliphatic carbocycles. The number of hydrogen-bond donors (Lipinski definition) is 1. The van der Waals surface area contributed by atoms with Gasteiger partial charge in [0, 0.05) is 10.5 Å². The first-order chi connectivity index (χ1) is 9.90. The van der Waals surface area contributed by atoms with Crippen LogP contribution in [0, 0.1) is 5.41 Å². The monoisotopic (exact) mass is 306 g/mol. The van der Waals surface area contributed by atoms with Gasteiger partial charge in [0.05, 0.1) is 12.5 Å². The van der Waals surface area contributed by atoms with E-state index >= 15 is 0 Å². The lowest BCUT2D eigenvalue weighted by molar-refractivity contribution is 0.0565. The predicted octanol–water partition coefficient (Wildman–Crippen LogP) is 3.80. The largest absolute Gasteiger partial charge is 0.392 e. The molecule has 0 radical (unpaired) electrons. The van der Waals surface area contributed by atoms with Gasteiger partial charge in [-0.05, 0) is 35.4 Å². The molecule has 1 unspecified atom stereocenters. The first-order valence-electron chi connectivity index (χ1n) is 7.14. The smallest absolute Gasteiger partial charge is 0.229 e. The van der Waals surface area contributed by atoms with Gasteiger partial charge >= 0.3 is 0 Å². The van der Waals surface area contributed by atoms with E-state index in [1.807, 2.05) is 32.9 Å². The molecule has 1 aromatic carbocycles. The van der Waals surface area contributed by atoms with Gasteiger partial charge < -0.3 is 9.63 Å². The lowest BCUT2D eigenvalue weighted by atomic mass is 9.87. The van der Waals surface area contributed by atoms with Gasteiger partial charge in [0.2, 0.25) is 11.7 Å². The summed E-state index contributed by atoms with van der Waals surface area (Å²) in [4.78, 5) is 5.59. The number of benzene rings is 1. The van der Waals surface area contributed by atoms with Crippen molar-refractivity contribution in [1.29, 1.82) is 0 Å². The molecule has 2 aromatic rings. The minimum Gasteiger partial charge on any atom is -0.392 e. The van der Waals surface area contributed by atoms with Crippen LogP contribution in [-0.2, 0) is 6.42 Å². The minimum atomic E-state index is -0.505. The van der Waals surface area contributed by atoms with Crippen molar-refractivity contribution in [1.82, 2.24) is 10.1 Å². The van der Waals surface area contributed by atoms with E-state index in [9.17, 15) is 5.11 Å². The highest BCUT2D eigenvalue weighted by atomic mass is 32.2. The third kappa shape index (κ3) is 4.32. The number of aliphatic hydroxyl groups excluding tert-OH is 1.